The van der Waals surface area contributed by atoms with Crippen molar-refractivity contribution in [3.05, 3.63) is 27.8 Å². The molecule has 1 aromatic carbocycles. The van der Waals surface area contributed by atoms with Crippen LogP contribution in [0.5, 0.6) is 0 Å². The Hall–Kier alpha value is -0.820. The van der Waals surface area contributed by atoms with E-state index in [0.29, 0.717) is 13.1 Å². The van der Waals surface area contributed by atoms with E-state index in [1.165, 1.54) is 0 Å². The second-order valence-electron chi connectivity index (χ2n) is 4.60. The molecular weight excluding hydrogens is 343 g/mol. The molecule has 0 saturated carbocycles. The predicted octanol–water partition coefficient (Wildman–Crippen LogP) is 2.93. The van der Waals surface area contributed by atoms with Gasteiger partial charge in [-0.25, -0.2) is 4.79 Å². The van der Waals surface area contributed by atoms with Gasteiger partial charge in [0, 0.05) is 22.3 Å². The fourth-order valence-electron chi connectivity index (χ4n) is 2.11. The summed E-state index contributed by atoms with van der Waals surface area (Å²) in [5, 5.41) is 2.92. The van der Waals surface area contributed by atoms with Crippen molar-refractivity contribution < 1.29 is 9.53 Å². The molecule has 18 heavy (non-hydrogen) atoms. The minimum Gasteiger partial charge on any atom is -0.372 e. The summed E-state index contributed by atoms with van der Waals surface area (Å²) < 4.78 is 6.72. The number of hydrogen-bond donors (Lipinski definition) is 1. The zero-order chi connectivity index (χ0) is 13.1. The SMILES string of the molecule is C[C@H]1CN(C(=O)Nc2cccc(I)c2)C[C@H](C)O1. The lowest BCUT2D eigenvalue weighted by Gasteiger charge is -2.35. The molecule has 1 heterocycles. The van der Waals surface area contributed by atoms with Crippen molar-refractivity contribution in [1.29, 1.82) is 0 Å². The standard InChI is InChI=1S/C13H17IN2O2/c1-9-7-16(8-10(2)18-9)13(17)15-12-5-3-4-11(14)6-12/h3-6,9-10H,7-8H2,1-2H3,(H,15,17)/t9-,10-/m0/s1. The third kappa shape index (κ3) is 3.58. The highest BCUT2D eigenvalue weighted by Gasteiger charge is 2.25. The molecule has 2 atom stereocenters. The first-order valence-electron chi connectivity index (χ1n) is 6.01. The molecule has 4 nitrogen and oxygen atoms in total. The lowest BCUT2D eigenvalue weighted by Crippen LogP contribution is -2.49. The first-order valence-corrected chi connectivity index (χ1v) is 7.09. The van der Waals surface area contributed by atoms with Gasteiger partial charge in [0.05, 0.1) is 12.2 Å². The van der Waals surface area contributed by atoms with Gasteiger partial charge in [-0.15, -0.1) is 0 Å². The summed E-state index contributed by atoms with van der Waals surface area (Å²) in [7, 11) is 0. The molecule has 0 bridgehead atoms. The Kier molecular flexibility index (Phi) is 4.45. The summed E-state index contributed by atoms with van der Waals surface area (Å²) in [6, 6.07) is 7.72. The zero-order valence-electron chi connectivity index (χ0n) is 10.5. The Labute approximate surface area is 121 Å². The average Bonchev–Trinajstić information content (AvgIpc) is 2.27. The van der Waals surface area contributed by atoms with Gasteiger partial charge in [0.2, 0.25) is 0 Å². The second kappa shape index (κ2) is 5.88. The molecule has 1 aromatic rings. The third-order valence-corrected chi connectivity index (χ3v) is 3.45. The number of rotatable bonds is 1. The first-order chi connectivity index (χ1) is 8.54. The van der Waals surface area contributed by atoms with E-state index in [-0.39, 0.29) is 18.2 Å². The van der Waals surface area contributed by atoms with E-state index in [0.717, 1.165) is 9.26 Å². The fraction of sp³-hybridized carbons (Fsp3) is 0.462. The van der Waals surface area contributed by atoms with Gasteiger partial charge < -0.3 is 15.0 Å². The minimum absolute atomic E-state index is 0.0565. The van der Waals surface area contributed by atoms with Crippen molar-refractivity contribution in [2.24, 2.45) is 0 Å². The van der Waals surface area contributed by atoms with Crippen molar-refractivity contribution in [1.82, 2.24) is 4.90 Å². The number of carbonyl (C=O) groups excluding carboxylic acids is 1. The summed E-state index contributed by atoms with van der Waals surface area (Å²) in [6.45, 7) is 5.25. The minimum atomic E-state index is -0.0565. The molecule has 1 saturated heterocycles. The Morgan fingerprint density at radius 1 is 1.39 bits per heavy atom. The molecule has 1 aliphatic heterocycles. The molecular formula is C13H17IN2O2. The quantitative estimate of drug-likeness (QED) is 0.783. The number of urea groups is 1. The smallest absolute Gasteiger partial charge is 0.322 e. The Balaban J connectivity index is 1.99. The highest BCUT2D eigenvalue weighted by molar-refractivity contribution is 14.1. The van der Waals surface area contributed by atoms with Crippen LogP contribution in [0, 0.1) is 3.57 Å². The van der Waals surface area contributed by atoms with Crippen LogP contribution in [0.4, 0.5) is 10.5 Å². The first kappa shape index (κ1) is 13.6. The predicted molar refractivity (Wildman–Crippen MR) is 79.8 cm³/mol. The Morgan fingerprint density at radius 3 is 2.67 bits per heavy atom. The topological polar surface area (TPSA) is 41.6 Å². The summed E-state index contributed by atoms with van der Waals surface area (Å²) >= 11 is 2.23. The van der Waals surface area contributed by atoms with Crippen LogP contribution in [-0.2, 0) is 4.74 Å². The summed E-state index contributed by atoms with van der Waals surface area (Å²) in [4.78, 5) is 13.9. The van der Waals surface area contributed by atoms with Crippen molar-refractivity contribution in [2.45, 2.75) is 26.1 Å². The molecule has 1 N–H and O–H groups in total. The molecule has 2 amide bonds. The number of hydrogen-bond acceptors (Lipinski definition) is 2. The van der Waals surface area contributed by atoms with Crippen LogP contribution in [0.1, 0.15) is 13.8 Å². The van der Waals surface area contributed by atoms with Crippen molar-refractivity contribution in [3.8, 4) is 0 Å². The van der Waals surface area contributed by atoms with Gasteiger partial charge in [-0.1, -0.05) is 6.07 Å². The molecule has 1 fully saturated rings. The maximum atomic E-state index is 12.1. The van der Waals surface area contributed by atoms with Crippen LogP contribution < -0.4 is 5.32 Å². The van der Waals surface area contributed by atoms with Crippen molar-refractivity contribution in [2.75, 3.05) is 18.4 Å². The van der Waals surface area contributed by atoms with Crippen LogP contribution in [0.3, 0.4) is 0 Å². The maximum absolute atomic E-state index is 12.1. The molecule has 0 spiro atoms. The second-order valence-corrected chi connectivity index (χ2v) is 5.85. The lowest BCUT2D eigenvalue weighted by molar-refractivity contribution is -0.0530. The van der Waals surface area contributed by atoms with Gasteiger partial charge in [0.15, 0.2) is 0 Å². The van der Waals surface area contributed by atoms with E-state index >= 15 is 0 Å². The monoisotopic (exact) mass is 360 g/mol. The highest BCUT2D eigenvalue weighted by Crippen LogP contribution is 2.15. The molecule has 0 aliphatic carbocycles. The van der Waals surface area contributed by atoms with Gasteiger partial charge in [0.1, 0.15) is 0 Å². The van der Waals surface area contributed by atoms with Gasteiger partial charge in [0.25, 0.3) is 0 Å². The Morgan fingerprint density at radius 2 is 2.06 bits per heavy atom. The van der Waals surface area contributed by atoms with E-state index in [4.69, 9.17) is 4.74 Å². The van der Waals surface area contributed by atoms with Crippen LogP contribution >= 0.6 is 22.6 Å². The number of morpholine rings is 1. The summed E-state index contributed by atoms with van der Waals surface area (Å²) in [5.41, 5.74) is 0.832. The van der Waals surface area contributed by atoms with Gasteiger partial charge in [-0.3, -0.25) is 0 Å². The van der Waals surface area contributed by atoms with Gasteiger partial charge in [-0.05, 0) is 54.6 Å². The van der Waals surface area contributed by atoms with E-state index in [9.17, 15) is 4.79 Å². The molecule has 1 aliphatic rings. The lowest BCUT2D eigenvalue weighted by atomic mass is 10.2. The molecule has 0 radical (unpaired) electrons. The molecule has 2 rings (SSSR count). The zero-order valence-corrected chi connectivity index (χ0v) is 12.7. The van der Waals surface area contributed by atoms with E-state index < -0.39 is 0 Å². The maximum Gasteiger partial charge on any atom is 0.322 e. The molecule has 5 heteroatoms. The van der Waals surface area contributed by atoms with Crippen molar-refractivity contribution >= 4 is 34.3 Å². The Bertz CT molecular complexity index is 429. The normalized spacial score (nSPS) is 23.8. The largest absolute Gasteiger partial charge is 0.372 e. The number of anilines is 1. The number of halogens is 1. The molecule has 98 valence electrons. The molecule has 0 aromatic heterocycles. The van der Waals surface area contributed by atoms with E-state index in [2.05, 4.69) is 27.9 Å². The number of amides is 2. The number of ether oxygens (including phenoxy) is 1. The van der Waals surface area contributed by atoms with Crippen LogP contribution in [0.25, 0.3) is 0 Å². The van der Waals surface area contributed by atoms with Crippen LogP contribution in [0.15, 0.2) is 24.3 Å². The number of nitrogens with zero attached hydrogens (tertiary/aromatic N) is 1. The fourth-order valence-corrected chi connectivity index (χ4v) is 2.66. The van der Waals surface area contributed by atoms with E-state index in [1.807, 2.05) is 38.1 Å². The highest BCUT2D eigenvalue weighted by atomic mass is 127. The van der Waals surface area contributed by atoms with Gasteiger partial charge in [-0.2, -0.15) is 0 Å². The number of carbonyl (C=O) groups is 1. The third-order valence-electron chi connectivity index (χ3n) is 2.78. The molecule has 0 unspecified atom stereocenters. The van der Waals surface area contributed by atoms with Crippen LogP contribution in [-0.4, -0.2) is 36.2 Å². The number of nitrogens with one attached hydrogen (secondary N) is 1. The summed E-state index contributed by atoms with van der Waals surface area (Å²) in [5.74, 6) is 0. The van der Waals surface area contributed by atoms with E-state index in [1.54, 1.807) is 4.90 Å². The van der Waals surface area contributed by atoms with Crippen molar-refractivity contribution in [3.63, 3.8) is 0 Å². The van der Waals surface area contributed by atoms with Crippen LogP contribution in [0.2, 0.25) is 0 Å². The van der Waals surface area contributed by atoms with Gasteiger partial charge >= 0.3 is 6.03 Å². The average molecular weight is 360 g/mol. The number of benzene rings is 1. The summed E-state index contributed by atoms with van der Waals surface area (Å²) in [6.07, 6.45) is 0.186.